The zero-order chi connectivity index (χ0) is 16.8. The maximum atomic E-state index is 12.5. The van der Waals surface area contributed by atoms with Crippen LogP contribution in [0.4, 0.5) is 0 Å². The second-order valence-electron chi connectivity index (χ2n) is 5.54. The summed E-state index contributed by atoms with van der Waals surface area (Å²) in [6.07, 6.45) is 2.38. The minimum atomic E-state index is -0.272. The third kappa shape index (κ3) is 3.90. The molecule has 6 heteroatoms. The number of hydrogen-bond donors (Lipinski definition) is 3. The number of nitrogens with one attached hydrogen (secondary N) is 2. The monoisotopic (exact) mass is 317 g/mol. The van der Waals surface area contributed by atoms with Crippen LogP contribution in [0.25, 0.3) is 11.3 Å². The molecule has 0 aliphatic heterocycles. The van der Waals surface area contributed by atoms with E-state index < -0.39 is 0 Å². The number of ether oxygens (including phenoxy) is 1. The average molecular weight is 317 g/mol. The van der Waals surface area contributed by atoms with Crippen molar-refractivity contribution in [3.8, 4) is 17.0 Å². The van der Waals surface area contributed by atoms with Gasteiger partial charge in [0.05, 0.1) is 37.2 Å². The molecule has 2 rings (SSSR count). The molecule has 1 aromatic heterocycles. The van der Waals surface area contributed by atoms with Gasteiger partial charge in [-0.3, -0.25) is 9.89 Å². The maximum Gasteiger partial charge on any atom is 0.255 e. The number of aromatic amines is 1. The summed E-state index contributed by atoms with van der Waals surface area (Å²) in [6.45, 7) is 3.94. The van der Waals surface area contributed by atoms with Gasteiger partial charge in [0.25, 0.3) is 5.91 Å². The lowest BCUT2D eigenvalue weighted by Crippen LogP contribution is -2.41. The number of aromatic nitrogens is 2. The van der Waals surface area contributed by atoms with Crippen LogP contribution in [0, 0.1) is 5.92 Å². The number of aliphatic hydroxyl groups is 1. The fourth-order valence-electron chi connectivity index (χ4n) is 2.33. The molecule has 0 unspecified atom stereocenters. The number of methoxy groups -OCH3 is 1. The van der Waals surface area contributed by atoms with Crippen molar-refractivity contribution in [2.75, 3.05) is 13.7 Å². The Morgan fingerprint density at radius 3 is 2.65 bits per heavy atom. The van der Waals surface area contributed by atoms with Crippen molar-refractivity contribution in [2.24, 2.45) is 5.92 Å². The van der Waals surface area contributed by atoms with Crippen LogP contribution in [0.1, 0.15) is 30.6 Å². The Hall–Kier alpha value is -2.34. The molecule has 0 aliphatic carbocycles. The second-order valence-corrected chi connectivity index (χ2v) is 5.54. The van der Waals surface area contributed by atoms with E-state index in [4.69, 9.17) is 4.74 Å². The van der Waals surface area contributed by atoms with E-state index in [-0.39, 0.29) is 24.5 Å². The van der Waals surface area contributed by atoms with Crippen molar-refractivity contribution >= 4 is 5.91 Å². The summed E-state index contributed by atoms with van der Waals surface area (Å²) in [7, 11) is 1.61. The maximum absolute atomic E-state index is 12.5. The van der Waals surface area contributed by atoms with E-state index >= 15 is 0 Å². The normalized spacial score (nSPS) is 13.4. The van der Waals surface area contributed by atoms with E-state index in [1.165, 1.54) is 6.20 Å². The fraction of sp³-hybridized carbons (Fsp3) is 0.412. The van der Waals surface area contributed by atoms with Gasteiger partial charge in [0, 0.05) is 5.56 Å². The molecule has 0 spiro atoms. The van der Waals surface area contributed by atoms with Crippen LogP contribution >= 0.6 is 0 Å². The number of rotatable bonds is 7. The Morgan fingerprint density at radius 1 is 1.39 bits per heavy atom. The molecule has 0 bridgehead atoms. The van der Waals surface area contributed by atoms with Crippen molar-refractivity contribution in [3.05, 3.63) is 36.0 Å². The third-order valence-electron chi connectivity index (χ3n) is 4.11. The molecule has 0 aliphatic rings. The number of H-pyrrole nitrogens is 1. The first kappa shape index (κ1) is 17.0. The largest absolute Gasteiger partial charge is 0.497 e. The van der Waals surface area contributed by atoms with Gasteiger partial charge in [-0.25, -0.2) is 0 Å². The highest BCUT2D eigenvalue weighted by Gasteiger charge is 2.21. The second kappa shape index (κ2) is 7.78. The third-order valence-corrected chi connectivity index (χ3v) is 4.11. The van der Waals surface area contributed by atoms with Crippen molar-refractivity contribution in [3.63, 3.8) is 0 Å². The first-order valence-corrected chi connectivity index (χ1v) is 7.70. The zero-order valence-corrected chi connectivity index (χ0v) is 13.7. The molecule has 1 amide bonds. The van der Waals surface area contributed by atoms with E-state index in [2.05, 4.69) is 15.5 Å². The Morgan fingerprint density at radius 2 is 2.09 bits per heavy atom. The Labute approximate surface area is 135 Å². The van der Waals surface area contributed by atoms with Gasteiger partial charge in [-0.1, -0.05) is 20.3 Å². The van der Waals surface area contributed by atoms with Crippen LogP contribution in [0.3, 0.4) is 0 Å². The molecule has 0 radical (unpaired) electrons. The van der Waals surface area contributed by atoms with Crippen molar-refractivity contribution < 1.29 is 14.6 Å². The molecule has 3 N–H and O–H groups in total. The van der Waals surface area contributed by atoms with Gasteiger partial charge >= 0.3 is 0 Å². The molecule has 2 atom stereocenters. The molecule has 0 fully saturated rings. The smallest absolute Gasteiger partial charge is 0.255 e. The summed E-state index contributed by atoms with van der Waals surface area (Å²) in [5.41, 5.74) is 1.94. The van der Waals surface area contributed by atoms with Crippen LogP contribution in [0.2, 0.25) is 0 Å². The van der Waals surface area contributed by atoms with Crippen LogP contribution in [-0.2, 0) is 0 Å². The van der Waals surface area contributed by atoms with Gasteiger partial charge in [0.1, 0.15) is 5.75 Å². The lowest BCUT2D eigenvalue weighted by Gasteiger charge is -2.22. The number of hydrogen-bond acceptors (Lipinski definition) is 4. The Balaban J connectivity index is 2.20. The predicted octanol–water partition coefficient (Wildman–Crippen LogP) is 2.22. The molecule has 124 valence electrons. The minimum Gasteiger partial charge on any atom is -0.497 e. The highest BCUT2D eigenvalue weighted by Crippen LogP contribution is 2.24. The van der Waals surface area contributed by atoms with Gasteiger partial charge in [-0.15, -0.1) is 0 Å². The van der Waals surface area contributed by atoms with E-state index in [0.29, 0.717) is 11.3 Å². The standard InChI is InChI=1S/C17H23N3O3/c1-4-11(2)15(10-21)19-17(22)14-9-18-20-16(14)12-5-7-13(23-3)8-6-12/h5-9,11,15,21H,4,10H2,1-3H3,(H,18,20)(H,19,22)/t11-,15+/m1/s1. The van der Waals surface area contributed by atoms with Crippen LogP contribution in [-0.4, -0.2) is 41.0 Å². The van der Waals surface area contributed by atoms with Crippen molar-refractivity contribution in [1.29, 1.82) is 0 Å². The molecule has 0 saturated carbocycles. The van der Waals surface area contributed by atoms with E-state index in [9.17, 15) is 9.90 Å². The van der Waals surface area contributed by atoms with E-state index in [1.807, 2.05) is 38.1 Å². The highest BCUT2D eigenvalue weighted by molar-refractivity contribution is 5.99. The number of benzene rings is 1. The SMILES string of the molecule is CC[C@@H](C)[C@H](CO)NC(=O)c1cn[nH]c1-c1ccc(OC)cc1. The summed E-state index contributed by atoms with van der Waals surface area (Å²) < 4.78 is 5.14. The van der Waals surface area contributed by atoms with Crippen molar-refractivity contribution in [1.82, 2.24) is 15.5 Å². The van der Waals surface area contributed by atoms with Gasteiger partial charge in [0.15, 0.2) is 0 Å². The van der Waals surface area contributed by atoms with Crippen LogP contribution in [0.15, 0.2) is 30.5 Å². The number of carbonyl (C=O) groups is 1. The van der Waals surface area contributed by atoms with Gasteiger partial charge in [-0.2, -0.15) is 5.10 Å². The number of aliphatic hydroxyl groups excluding tert-OH is 1. The summed E-state index contributed by atoms with van der Waals surface area (Å²) in [6, 6.07) is 7.11. The zero-order valence-electron chi connectivity index (χ0n) is 13.7. The molecule has 6 nitrogen and oxygen atoms in total. The lowest BCUT2D eigenvalue weighted by molar-refractivity contribution is 0.0892. The molecule has 0 saturated heterocycles. The van der Waals surface area contributed by atoms with Gasteiger partial charge < -0.3 is 15.2 Å². The minimum absolute atomic E-state index is 0.0868. The van der Waals surface area contributed by atoms with Gasteiger partial charge in [0.2, 0.25) is 0 Å². The van der Waals surface area contributed by atoms with E-state index in [1.54, 1.807) is 7.11 Å². The first-order valence-electron chi connectivity index (χ1n) is 7.70. The Bertz CT molecular complexity index is 637. The summed E-state index contributed by atoms with van der Waals surface area (Å²) in [5.74, 6) is 0.695. The quantitative estimate of drug-likeness (QED) is 0.731. The number of amides is 1. The number of carbonyl (C=O) groups excluding carboxylic acids is 1. The van der Waals surface area contributed by atoms with Crippen LogP contribution < -0.4 is 10.1 Å². The molecule has 1 heterocycles. The fourth-order valence-corrected chi connectivity index (χ4v) is 2.33. The molecule has 2 aromatic rings. The molecular formula is C17H23N3O3. The van der Waals surface area contributed by atoms with E-state index in [0.717, 1.165) is 17.7 Å². The van der Waals surface area contributed by atoms with Crippen LogP contribution in [0.5, 0.6) is 5.75 Å². The van der Waals surface area contributed by atoms with Crippen molar-refractivity contribution in [2.45, 2.75) is 26.3 Å². The lowest BCUT2D eigenvalue weighted by atomic mass is 9.99. The average Bonchev–Trinajstić information content (AvgIpc) is 3.08. The molecule has 1 aromatic carbocycles. The topological polar surface area (TPSA) is 87.2 Å². The predicted molar refractivity (Wildman–Crippen MR) is 88.4 cm³/mol. The summed E-state index contributed by atoms with van der Waals surface area (Å²) >= 11 is 0. The Kier molecular flexibility index (Phi) is 5.76. The highest BCUT2D eigenvalue weighted by atomic mass is 16.5. The summed E-state index contributed by atoms with van der Waals surface area (Å²) in [4.78, 5) is 12.5. The summed E-state index contributed by atoms with van der Waals surface area (Å²) in [5, 5.41) is 19.2. The number of nitrogens with zero attached hydrogens (tertiary/aromatic N) is 1. The molecular weight excluding hydrogens is 294 g/mol. The first-order chi connectivity index (χ1) is 11.1. The van der Waals surface area contributed by atoms with Gasteiger partial charge in [-0.05, 0) is 30.2 Å². The molecule has 23 heavy (non-hydrogen) atoms.